The molecule has 0 aliphatic heterocycles. The Hall–Kier alpha value is -4.72. The smallest absolute Gasteiger partial charge is 0.251 e. The highest BCUT2D eigenvalue weighted by atomic mass is 35.5. The molecular weight excluding hydrogens is 578 g/mol. The van der Waals surface area contributed by atoms with Gasteiger partial charge in [0.05, 0.1) is 29.9 Å². The van der Waals surface area contributed by atoms with Gasteiger partial charge in [-0.05, 0) is 67.1 Å². The molecule has 5 rings (SSSR count). The lowest BCUT2D eigenvalue weighted by Gasteiger charge is -2.11. The first kappa shape index (κ1) is 28.8. The third-order valence-electron chi connectivity index (χ3n) is 6.13. The van der Waals surface area contributed by atoms with Crippen LogP contribution in [0.25, 0.3) is 11.3 Å². The molecule has 214 valence electrons. The van der Waals surface area contributed by atoms with Crippen molar-refractivity contribution < 1.29 is 13.2 Å². The standard InChI is InChI=1S/C28H26ClN9O3S/c1-19-4-5-20(15-26(19)35-28-31-12-10-25(34-28)21-3-2-11-30-16-21)27(39)32-17-23-18-38(37-36-23)14-13-33-42(40,41)24-8-6-22(29)7-9-24/h2-12,15-16,18,33H,13-14,17H2,1H3,(H,32,39)(H,31,34,35). The largest absolute Gasteiger partial charge is 0.346 e. The maximum atomic E-state index is 12.9. The van der Waals surface area contributed by atoms with Crippen LogP contribution >= 0.6 is 11.6 Å². The highest BCUT2D eigenvalue weighted by Crippen LogP contribution is 2.22. The van der Waals surface area contributed by atoms with Crippen LogP contribution in [0.4, 0.5) is 11.6 Å². The molecule has 0 atom stereocenters. The molecule has 0 fully saturated rings. The summed E-state index contributed by atoms with van der Waals surface area (Å²) in [6.45, 7) is 2.42. The zero-order chi connectivity index (χ0) is 29.5. The van der Waals surface area contributed by atoms with E-state index in [1.54, 1.807) is 43.0 Å². The molecule has 1 amide bonds. The van der Waals surface area contributed by atoms with Gasteiger partial charge in [0.25, 0.3) is 5.91 Å². The molecule has 3 N–H and O–H groups in total. The summed E-state index contributed by atoms with van der Waals surface area (Å²) in [5.74, 6) is 0.0948. The predicted octanol–water partition coefficient (Wildman–Crippen LogP) is 3.74. The topological polar surface area (TPSA) is 157 Å². The van der Waals surface area contributed by atoms with Crippen LogP contribution in [0.3, 0.4) is 0 Å². The number of aryl methyl sites for hydroxylation is 1. The van der Waals surface area contributed by atoms with E-state index in [4.69, 9.17) is 11.6 Å². The molecule has 0 saturated heterocycles. The minimum Gasteiger partial charge on any atom is -0.346 e. The molecule has 0 aliphatic carbocycles. The zero-order valence-electron chi connectivity index (χ0n) is 22.4. The van der Waals surface area contributed by atoms with Crippen molar-refractivity contribution in [1.82, 2.24) is 40.0 Å². The fourth-order valence-corrected chi connectivity index (χ4v) is 5.05. The van der Waals surface area contributed by atoms with Crippen LogP contribution in [-0.2, 0) is 23.1 Å². The molecule has 0 spiro atoms. The Bertz CT molecular complexity index is 1800. The zero-order valence-corrected chi connectivity index (χ0v) is 24.0. The van der Waals surface area contributed by atoms with Gasteiger partial charge in [0.2, 0.25) is 16.0 Å². The molecule has 12 nitrogen and oxygen atoms in total. The summed E-state index contributed by atoms with van der Waals surface area (Å²) in [5, 5.41) is 14.5. The third-order valence-corrected chi connectivity index (χ3v) is 7.86. The first-order chi connectivity index (χ1) is 20.3. The number of halogens is 1. The Morgan fingerprint density at radius 3 is 2.67 bits per heavy atom. The Morgan fingerprint density at radius 2 is 1.88 bits per heavy atom. The van der Waals surface area contributed by atoms with Crippen LogP contribution in [0.5, 0.6) is 0 Å². The van der Waals surface area contributed by atoms with Crippen LogP contribution in [0.15, 0.2) is 90.3 Å². The number of amides is 1. The van der Waals surface area contributed by atoms with E-state index in [1.807, 2.05) is 25.1 Å². The van der Waals surface area contributed by atoms with Gasteiger partial charge in [-0.2, -0.15) is 0 Å². The van der Waals surface area contributed by atoms with E-state index in [0.717, 1.165) is 16.8 Å². The maximum Gasteiger partial charge on any atom is 0.251 e. The molecule has 3 heterocycles. The summed E-state index contributed by atoms with van der Waals surface area (Å²) in [6, 6.07) is 16.7. The summed E-state index contributed by atoms with van der Waals surface area (Å²) < 4.78 is 28.8. The number of carbonyl (C=O) groups is 1. The molecule has 0 unspecified atom stereocenters. The van der Waals surface area contributed by atoms with Crippen molar-refractivity contribution in [1.29, 1.82) is 0 Å². The number of hydrogen-bond donors (Lipinski definition) is 3. The number of pyridine rings is 1. The first-order valence-corrected chi connectivity index (χ1v) is 14.7. The van der Waals surface area contributed by atoms with Crippen molar-refractivity contribution in [2.24, 2.45) is 0 Å². The molecule has 3 aromatic heterocycles. The number of benzene rings is 2. The van der Waals surface area contributed by atoms with Gasteiger partial charge in [-0.25, -0.2) is 23.1 Å². The molecule has 0 radical (unpaired) electrons. The van der Waals surface area contributed by atoms with Gasteiger partial charge in [0.15, 0.2) is 0 Å². The maximum absolute atomic E-state index is 12.9. The quantitative estimate of drug-likeness (QED) is 0.204. The number of nitrogens with zero attached hydrogens (tertiary/aromatic N) is 6. The number of aromatic nitrogens is 6. The molecule has 2 aromatic carbocycles. The number of carbonyl (C=O) groups excluding carboxylic acids is 1. The van der Waals surface area contributed by atoms with Crippen LogP contribution in [0, 0.1) is 6.92 Å². The van der Waals surface area contributed by atoms with Crippen molar-refractivity contribution in [2.75, 3.05) is 11.9 Å². The van der Waals surface area contributed by atoms with E-state index in [-0.39, 0.29) is 30.4 Å². The molecule has 5 aromatic rings. The van der Waals surface area contributed by atoms with Gasteiger partial charge < -0.3 is 10.6 Å². The van der Waals surface area contributed by atoms with Crippen LogP contribution in [0.2, 0.25) is 5.02 Å². The first-order valence-electron chi connectivity index (χ1n) is 12.8. The number of sulfonamides is 1. The average molecular weight is 604 g/mol. The normalized spacial score (nSPS) is 11.3. The second-order valence-electron chi connectivity index (χ2n) is 9.17. The van der Waals surface area contributed by atoms with Gasteiger partial charge in [-0.3, -0.25) is 14.5 Å². The molecule has 0 saturated carbocycles. The van der Waals surface area contributed by atoms with E-state index >= 15 is 0 Å². The minimum atomic E-state index is -3.68. The number of nitrogens with one attached hydrogen (secondary N) is 3. The van der Waals surface area contributed by atoms with Gasteiger partial charge in [-0.15, -0.1) is 5.10 Å². The van der Waals surface area contributed by atoms with Gasteiger partial charge in [0.1, 0.15) is 5.69 Å². The Kier molecular flexibility index (Phi) is 8.81. The fraction of sp³-hybridized carbons (Fsp3) is 0.143. The predicted molar refractivity (Wildman–Crippen MR) is 158 cm³/mol. The van der Waals surface area contributed by atoms with Gasteiger partial charge in [-0.1, -0.05) is 22.9 Å². The van der Waals surface area contributed by atoms with Crippen molar-refractivity contribution in [3.8, 4) is 11.3 Å². The third kappa shape index (κ3) is 7.32. The second kappa shape index (κ2) is 12.9. The lowest BCUT2D eigenvalue weighted by molar-refractivity contribution is 0.0950. The Morgan fingerprint density at radius 1 is 1.05 bits per heavy atom. The number of rotatable bonds is 11. The van der Waals surface area contributed by atoms with E-state index < -0.39 is 10.0 Å². The van der Waals surface area contributed by atoms with Gasteiger partial charge >= 0.3 is 0 Å². The SMILES string of the molecule is Cc1ccc(C(=O)NCc2cn(CCNS(=O)(=O)c3ccc(Cl)cc3)nn2)cc1Nc1nccc(-c2cccnc2)n1. The molecule has 0 aliphatic rings. The second-order valence-corrected chi connectivity index (χ2v) is 11.4. The average Bonchev–Trinajstić information content (AvgIpc) is 3.45. The van der Waals surface area contributed by atoms with Crippen LogP contribution in [-0.4, -0.2) is 50.8 Å². The van der Waals surface area contributed by atoms with Gasteiger partial charge in [0, 0.05) is 47.0 Å². The van der Waals surface area contributed by atoms with E-state index in [0.29, 0.717) is 27.9 Å². The van der Waals surface area contributed by atoms with Crippen molar-refractivity contribution >= 4 is 39.2 Å². The number of anilines is 2. The minimum absolute atomic E-state index is 0.105. The van der Waals surface area contributed by atoms with E-state index in [1.165, 1.54) is 28.9 Å². The summed E-state index contributed by atoms with van der Waals surface area (Å²) >= 11 is 5.82. The van der Waals surface area contributed by atoms with E-state index in [9.17, 15) is 13.2 Å². The highest BCUT2D eigenvalue weighted by molar-refractivity contribution is 7.89. The van der Waals surface area contributed by atoms with Crippen LogP contribution < -0.4 is 15.4 Å². The van der Waals surface area contributed by atoms with Crippen LogP contribution in [0.1, 0.15) is 21.6 Å². The molecule has 42 heavy (non-hydrogen) atoms. The lowest BCUT2D eigenvalue weighted by atomic mass is 10.1. The lowest BCUT2D eigenvalue weighted by Crippen LogP contribution is -2.27. The number of hydrogen-bond acceptors (Lipinski definition) is 9. The molecule has 0 bridgehead atoms. The summed E-state index contributed by atoms with van der Waals surface area (Å²) in [5.41, 5.74) is 4.16. The Balaban J connectivity index is 1.15. The van der Waals surface area contributed by atoms with E-state index in [2.05, 4.69) is 40.6 Å². The van der Waals surface area contributed by atoms with Crippen molar-refractivity contribution in [3.63, 3.8) is 0 Å². The molecular formula is C28H26ClN9O3S. The highest BCUT2D eigenvalue weighted by Gasteiger charge is 2.14. The van der Waals surface area contributed by atoms with Crippen molar-refractivity contribution in [2.45, 2.75) is 24.9 Å². The monoisotopic (exact) mass is 603 g/mol. The summed E-state index contributed by atoms with van der Waals surface area (Å²) in [7, 11) is -3.68. The van der Waals surface area contributed by atoms with Crippen molar-refractivity contribution in [3.05, 3.63) is 107 Å². The summed E-state index contributed by atoms with van der Waals surface area (Å²) in [4.78, 5) is 26.0. The summed E-state index contributed by atoms with van der Waals surface area (Å²) in [6.07, 6.45) is 6.73. The molecule has 14 heteroatoms. The fourth-order valence-electron chi connectivity index (χ4n) is 3.91. The Labute approximate surface area is 247 Å².